The maximum atomic E-state index is 4.29. The molecule has 3 aromatic rings. The summed E-state index contributed by atoms with van der Waals surface area (Å²) in [4.78, 5) is 11.9. The van der Waals surface area contributed by atoms with Gasteiger partial charge in [0.15, 0.2) is 5.65 Å². The third-order valence-corrected chi connectivity index (χ3v) is 3.32. The number of rotatable bonds is 1. The molecule has 0 unspecified atom stereocenters. The van der Waals surface area contributed by atoms with Crippen LogP contribution in [0.1, 0.15) is 26.3 Å². The van der Waals surface area contributed by atoms with Crippen LogP contribution in [-0.2, 0) is 5.41 Å². The van der Waals surface area contributed by atoms with Crippen LogP contribution in [-0.4, -0.2) is 15.0 Å². The monoisotopic (exact) mass is 251 g/mol. The van der Waals surface area contributed by atoms with Gasteiger partial charge in [-0.25, -0.2) is 4.98 Å². The lowest BCUT2D eigenvalue weighted by Gasteiger charge is -2.18. The normalized spacial score (nSPS) is 11.9. The third kappa shape index (κ3) is 2.24. The first kappa shape index (κ1) is 11.9. The van der Waals surface area contributed by atoms with Crippen LogP contribution in [0.3, 0.4) is 0 Å². The van der Waals surface area contributed by atoms with Crippen molar-refractivity contribution in [1.29, 1.82) is 0 Å². The predicted octanol–water partition coefficient (Wildman–Crippen LogP) is 3.92. The largest absolute Gasteiger partial charge is 0.338 e. The molecule has 0 atom stereocenters. The van der Waals surface area contributed by atoms with Gasteiger partial charge >= 0.3 is 0 Å². The minimum atomic E-state index is 0.183. The minimum absolute atomic E-state index is 0.183. The smallest absolute Gasteiger partial charge is 0.156 e. The number of benzene rings is 1. The Labute approximate surface area is 112 Å². The fourth-order valence-corrected chi connectivity index (χ4v) is 2.16. The van der Waals surface area contributed by atoms with Crippen molar-refractivity contribution in [2.24, 2.45) is 0 Å². The molecule has 19 heavy (non-hydrogen) atoms. The SMILES string of the molecule is CC(C)(C)c1ccc(-c2cc3nccnc3[nH]2)cc1. The molecule has 2 aromatic heterocycles. The Balaban J connectivity index is 2.02. The first-order valence-electron chi connectivity index (χ1n) is 6.45. The van der Waals surface area contributed by atoms with Crippen LogP contribution in [0.25, 0.3) is 22.4 Å². The highest BCUT2D eigenvalue weighted by atomic mass is 14.9. The second-order valence-electron chi connectivity index (χ2n) is 5.80. The zero-order chi connectivity index (χ0) is 13.5. The Hall–Kier alpha value is -2.16. The molecule has 0 saturated heterocycles. The first-order chi connectivity index (χ1) is 9.04. The van der Waals surface area contributed by atoms with Crippen LogP contribution in [0.2, 0.25) is 0 Å². The molecular weight excluding hydrogens is 234 g/mol. The van der Waals surface area contributed by atoms with E-state index >= 15 is 0 Å². The molecule has 0 fully saturated rings. The molecule has 0 aliphatic carbocycles. The summed E-state index contributed by atoms with van der Waals surface area (Å²) in [7, 11) is 0. The van der Waals surface area contributed by atoms with Crippen molar-refractivity contribution in [3.63, 3.8) is 0 Å². The fourth-order valence-electron chi connectivity index (χ4n) is 2.16. The van der Waals surface area contributed by atoms with Crippen LogP contribution < -0.4 is 0 Å². The third-order valence-electron chi connectivity index (χ3n) is 3.32. The highest BCUT2D eigenvalue weighted by Crippen LogP contribution is 2.26. The van der Waals surface area contributed by atoms with Gasteiger partial charge in [-0.2, -0.15) is 0 Å². The first-order valence-corrected chi connectivity index (χ1v) is 6.45. The molecule has 1 N–H and O–H groups in total. The van der Waals surface area contributed by atoms with E-state index in [0.717, 1.165) is 22.4 Å². The van der Waals surface area contributed by atoms with Gasteiger partial charge in [0.1, 0.15) is 5.52 Å². The van der Waals surface area contributed by atoms with Gasteiger partial charge in [-0.3, -0.25) is 4.98 Å². The van der Waals surface area contributed by atoms with E-state index in [1.54, 1.807) is 12.4 Å². The summed E-state index contributed by atoms with van der Waals surface area (Å²) in [6.07, 6.45) is 3.41. The summed E-state index contributed by atoms with van der Waals surface area (Å²) >= 11 is 0. The van der Waals surface area contributed by atoms with Gasteiger partial charge in [0.2, 0.25) is 0 Å². The highest BCUT2D eigenvalue weighted by Gasteiger charge is 2.13. The Kier molecular flexibility index (Phi) is 2.63. The van der Waals surface area contributed by atoms with Gasteiger partial charge in [-0.15, -0.1) is 0 Å². The van der Waals surface area contributed by atoms with E-state index < -0.39 is 0 Å². The number of hydrogen-bond acceptors (Lipinski definition) is 2. The zero-order valence-electron chi connectivity index (χ0n) is 11.4. The molecule has 3 nitrogen and oxygen atoms in total. The molecule has 2 heterocycles. The Morgan fingerprint density at radius 3 is 2.26 bits per heavy atom. The van der Waals surface area contributed by atoms with Gasteiger partial charge < -0.3 is 4.98 Å². The van der Waals surface area contributed by atoms with E-state index in [9.17, 15) is 0 Å². The van der Waals surface area contributed by atoms with Gasteiger partial charge in [0, 0.05) is 18.1 Å². The zero-order valence-corrected chi connectivity index (χ0v) is 11.4. The molecular formula is C16H17N3. The second kappa shape index (κ2) is 4.19. The molecule has 0 aliphatic heterocycles. The molecule has 0 saturated carbocycles. The summed E-state index contributed by atoms with van der Waals surface area (Å²) < 4.78 is 0. The molecule has 0 amide bonds. The van der Waals surface area contributed by atoms with Crippen molar-refractivity contribution in [2.45, 2.75) is 26.2 Å². The van der Waals surface area contributed by atoms with E-state index in [1.165, 1.54) is 5.56 Å². The van der Waals surface area contributed by atoms with Crippen LogP contribution in [0.15, 0.2) is 42.7 Å². The Morgan fingerprint density at radius 1 is 0.947 bits per heavy atom. The summed E-state index contributed by atoms with van der Waals surface area (Å²) in [5.41, 5.74) is 5.47. The van der Waals surface area contributed by atoms with Gasteiger partial charge in [0.05, 0.1) is 0 Å². The van der Waals surface area contributed by atoms with Crippen LogP contribution >= 0.6 is 0 Å². The number of aromatic nitrogens is 3. The summed E-state index contributed by atoms with van der Waals surface area (Å²) in [6.45, 7) is 6.66. The van der Waals surface area contributed by atoms with E-state index in [4.69, 9.17) is 0 Å². The number of nitrogens with one attached hydrogen (secondary N) is 1. The van der Waals surface area contributed by atoms with E-state index in [1.807, 2.05) is 6.07 Å². The van der Waals surface area contributed by atoms with Crippen LogP contribution in [0, 0.1) is 0 Å². The van der Waals surface area contributed by atoms with Gasteiger partial charge in [-0.05, 0) is 22.6 Å². The molecule has 0 bridgehead atoms. The number of H-pyrrole nitrogens is 1. The second-order valence-corrected chi connectivity index (χ2v) is 5.80. The van der Waals surface area contributed by atoms with E-state index in [2.05, 4.69) is 60.0 Å². The number of hydrogen-bond donors (Lipinski definition) is 1. The topological polar surface area (TPSA) is 41.6 Å². The maximum absolute atomic E-state index is 4.29. The quantitative estimate of drug-likeness (QED) is 0.712. The summed E-state index contributed by atoms with van der Waals surface area (Å²) in [6, 6.07) is 10.7. The number of aromatic amines is 1. The maximum Gasteiger partial charge on any atom is 0.156 e. The molecule has 96 valence electrons. The average Bonchev–Trinajstić information content (AvgIpc) is 2.81. The van der Waals surface area contributed by atoms with E-state index in [-0.39, 0.29) is 5.41 Å². The van der Waals surface area contributed by atoms with Crippen molar-refractivity contribution in [1.82, 2.24) is 15.0 Å². The standard InChI is InChI=1S/C16H17N3/c1-16(2,3)12-6-4-11(5-7-12)13-10-14-15(19-13)18-9-8-17-14/h4-10H,1-3H3,(H,18,19). The number of nitrogens with zero attached hydrogens (tertiary/aromatic N) is 2. The Bertz CT molecular complexity index is 670. The van der Waals surface area contributed by atoms with Crippen LogP contribution in [0.4, 0.5) is 0 Å². The lowest BCUT2D eigenvalue weighted by atomic mass is 9.86. The summed E-state index contributed by atoms with van der Waals surface area (Å²) in [5, 5.41) is 0. The van der Waals surface area contributed by atoms with Gasteiger partial charge in [0.25, 0.3) is 0 Å². The molecule has 3 rings (SSSR count). The van der Waals surface area contributed by atoms with Crippen molar-refractivity contribution < 1.29 is 0 Å². The highest BCUT2D eigenvalue weighted by molar-refractivity contribution is 5.79. The fraction of sp³-hybridized carbons (Fsp3) is 0.250. The minimum Gasteiger partial charge on any atom is -0.338 e. The molecule has 0 radical (unpaired) electrons. The van der Waals surface area contributed by atoms with Crippen molar-refractivity contribution >= 4 is 11.2 Å². The van der Waals surface area contributed by atoms with E-state index in [0.29, 0.717) is 0 Å². The molecule has 1 aromatic carbocycles. The molecule has 0 aliphatic rings. The summed E-state index contributed by atoms with van der Waals surface area (Å²) in [5.74, 6) is 0. The van der Waals surface area contributed by atoms with Crippen LogP contribution in [0.5, 0.6) is 0 Å². The average molecular weight is 251 g/mol. The van der Waals surface area contributed by atoms with Crippen molar-refractivity contribution in [3.05, 3.63) is 48.3 Å². The predicted molar refractivity (Wildman–Crippen MR) is 78.0 cm³/mol. The van der Waals surface area contributed by atoms with Gasteiger partial charge in [-0.1, -0.05) is 45.0 Å². The molecule has 0 spiro atoms. The Morgan fingerprint density at radius 2 is 1.63 bits per heavy atom. The number of fused-ring (bicyclic) bond motifs is 1. The van der Waals surface area contributed by atoms with Crippen molar-refractivity contribution in [3.8, 4) is 11.3 Å². The lowest BCUT2D eigenvalue weighted by Crippen LogP contribution is -2.10. The molecule has 3 heteroatoms. The van der Waals surface area contributed by atoms with Crippen molar-refractivity contribution in [2.75, 3.05) is 0 Å². The lowest BCUT2D eigenvalue weighted by molar-refractivity contribution is 0.590.